The van der Waals surface area contributed by atoms with Crippen molar-refractivity contribution in [1.29, 1.82) is 0 Å². The zero-order valence-corrected chi connectivity index (χ0v) is 16.6. The molecule has 8 heteroatoms. The van der Waals surface area contributed by atoms with Crippen molar-refractivity contribution >= 4 is 11.6 Å². The minimum atomic E-state index is -4.51. The third kappa shape index (κ3) is 5.55. The van der Waals surface area contributed by atoms with E-state index in [9.17, 15) is 18.0 Å². The third-order valence-electron chi connectivity index (χ3n) is 4.44. The number of aliphatic hydroxyl groups is 1. The molecule has 1 amide bonds. The Morgan fingerprint density at radius 3 is 2.42 bits per heavy atom. The van der Waals surface area contributed by atoms with Crippen LogP contribution in [0.15, 0.2) is 66.7 Å². The van der Waals surface area contributed by atoms with Crippen LogP contribution in [0.3, 0.4) is 0 Å². The first kappa shape index (κ1) is 22.2. The summed E-state index contributed by atoms with van der Waals surface area (Å²) in [5.74, 6) is 0.455. The number of hydrogen-bond donors (Lipinski definition) is 2. The molecule has 0 aromatic heterocycles. The molecule has 0 radical (unpaired) electrons. The molecule has 31 heavy (non-hydrogen) atoms. The number of aliphatic hydroxyl groups excluding tert-OH is 1. The Morgan fingerprint density at radius 2 is 1.77 bits per heavy atom. The van der Waals surface area contributed by atoms with Gasteiger partial charge in [-0.15, -0.1) is 0 Å². The summed E-state index contributed by atoms with van der Waals surface area (Å²) in [6.45, 7) is -0.301. The van der Waals surface area contributed by atoms with Crippen molar-refractivity contribution in [1.82, 2.24) is 0 Å². The van der Waals surface area contributed by atoms with Gasteiger partial charge in [-0.2, -0.15) is 13.2 Å². The first-order valence-corrected chi connectivity index (χ1v) is 9.32. The second-order valence-corrected chi connectivity index (χ2v) is 6.54. The van der Waals surface area contributed by atoms with Crippen molar-refractivity contribution in [3.63, 3.8) is 0 Å². The maximum Gasteiger partial charge on any atom is 0.416 e. The van der Waals surface area contributed by atoms with Gasteiger partial charge in [0.15, 0.2) is 0 Å². The van der Waals surface area contributed by atoms with Crippen LogP contribution in [0.4, 0.5) is 18.9 Å². The van der Waals surface area contributed by atoms with Gasteiger partial charge in [0.05, 0.1) is 19.3 Å². The number of carbonyl (C=O) groups is 1. The topological polar surface area (TPSA) is 67.8 Å². The molecule has 0 bridgehead atoms. The lowest BCUT2D eigenvalue weighted by atomic mass is 9.99. The number of ether oxygens (including phenoxy) is 2. The molecule has 3 rings (SSSR count). The van der Waals surface area contributed by atoms with Crippen LogP contribution in [-0.4, -0.2) is 31.3 Å². The molecule has 0 heterocycles. The summed E-state index contributed by atoms with van der Waals surface area (Å²) in [5.41, 5.74) is 0.501. The summed E-state index contributed by atoms with van der Waals surface area (Å²) >= 11 is 0. The molecule has 3 aromatic rings. The molecule has 0 aliphatic heterocycles. The van der Waals surface area contributed by atoms with E-state index < -0.39 is 17.6 Å². The van der Waals surface area contributed by atoms with Crippen molar-refractivity contribution in [3.8, 4) is 22.6 Å². The van der Waals surface area contributed by atoms with E-state index in [1.165, 1.54) is 37.4 Å². The fourth-order valence-electron chi connectivity index (χ4n) is 2.92. The number of amides is 1. The zero-order valence-electron chi connectivity index (χ0n) is 16.6. The Labute approximate surface area is 177 Å². The highest BCUT2D eigenvalue weighted by Gasteiger charge is 2.30. The standard InChI is InChI=1S/C23H20F3NO4/c1-30-19-8-6-18(7-9-19)27-22(29)16-5-10-21(31-12-11-28)20(14-16)15-3-2-4-17(13-15)23(24,25)26/h2-10,13-14,28H,11-12H2,1H3,(H,27,29). The van der Waals surface area contributed by atoms with Gasteiger partial charge in [0.2, 0.25) is 0 Å². The van der Waals surface area contributed by atoms with Crippen LogP contribution < -0.4 is 14.8 Å². The fourth-order valence-corrected chi connectivity index (χ4v) is 2.92. The Morgan fingerprint density at radius 1 is 1.03 bits per heavy atom. The Kier molecular flexibility index (Phi) is 6.81. The van der Waals surface area contributed by atoms with Crippen molar-refractivity contribution in [2.24, 2.45) is 0 Å². The number of benzene rings is 3. The maximum absolute atomic E-state index is 13.2. The van der Waals surface area contributed by atoms with E-state index in [0.29, 0.717) is 17.0 Å². The van der Waals surface area contributed by atoms with Crippen LogP contribution in [0.25, 0.3) is 11.1 Å². The summed E-state index contributed by atoms with van der Waals surface area (Å²) in [6.07, 6.45) is -4.51. The quantitative estimate of drug-likeness (QED) is 0.552. The van der Waals surface area contributed by atoms with Crippen LogP contribution in [0.1, 0.15) is 15.9 Å². The Bertz CT molecular complexity index is 1050. The van der Waals surface area contributed by atoms with Crippen LogP contribution >= 0.6 is 0 Å². The van der Waals surface area contributed by atoms with Gasteiger partial charge in [0.25, 0.3) is 5.91 Å². The highest BCUT2D eigenvalue weighted by molar-refractivity contribution is 6.05. The minimum absolute atomic E-state index is 0.0383. The van der Waals surface area contributed by atoms with E-state index in [4.69, 9.17) is 14.6 Å². The van der Waals surface area contributed by atoms with E-state index in [0.717, 1.165) is 12.1 Å². The second-order valence-electron chi connectivity index (χ2n) is 6.54. The molecule has 0 saturated heterocycles. The number of rotatable bonds is 7. The van der Waals surface area contributed by atoms with Gasteiger partial charge in [-0.3, -0.25) is 4.79 Å². The highest BCUT2D eigenvalue weighted by atomic mass is 19.4. The lowest BCUT2D eigenvalue weighted by Gasteiger charge is -2.15. The molecule has 0 atom stereocenters. The van der Waals surface area contributed by atoms with E-state index in [-0.39, 0.29) is 30.1 Å². The molecule has 5 nitrogen and oxygen atoms in total. The molecule has 0 aliphatic carbocycles. The molecule has 0 saturated carbocycles. The van der Waals surface area contributed by atoms with Gasteiger partial charge in [-0.25, -0.2) is 0 Å². The fraction of sp³-hybridized carbons (Fsp3) is 0.174. The zero-order chi connectivity index (χ0) is 22.4. The molecule has 0 spiro atoms. The lowest BCUT2D eigenvalue weighted by Crippen LogP contribution is -2.12. The number of anilines is 1. The van der Waals surface area contributed by atoms with Gasteiger partial charge in [0, 0.05) is 16.8 Å². The van der Waals surface area contributed by atoms with Crippen LogP contribution in [-0.2, 0) is 6.18 Å². The summed E-state index contributed by atoms with van der Waals surface area (Å²) < 4.78 is 50.0. The van der Waals surface area contributed by atoms with Crippen LogP contribution in [0, 0.1) is 0 Å². The monoisotopic (exact) mass is 431 g/mol. The highest BCUT2D eigenvalue weighted by Crippen LogP contribution is 2.36. The molecule has 0 fully saturated rings. The number of alkyl halides is 3. The molecule has 0 unspecified atom stereocenters. The van der Waals surface area contributed by atoms with Gasteiger partial charge >= 0.3 is 6.18 Å². The van der Waals surface area contributed by atoms with E-state index in [2.05, 4.69) is 5.32 Å². The second kappa shape index (κ2) is 9.53. The predicted octanol–water partition coefficient (Wildman–Crippen LogP) is 5.00. The van der Waals surface area contributed by atoms with Gasteiger partial charge < -0.3 is 19.9 Å². The summed E-state index contributed by atoms with van der Waals surface area (Å²) in [7, 11) is 1.53. The summed E-state index contributed by atoms with van der Waals surface area (Å²) in [5, 5.41) is 11.8. The SMILES string of the molecule is COc1ccc(NC(=O)c2ccc(OCCO)c(-c3cccc(C(F)(F)F)c3)c2)cc1. The lowest BCUT2D eigenvalue weighted by molar-refractivity contribution is -0.137. The molecule has 2 N–H and O–H groups in total. The Hall–Kier alpha value is -3.52. The number of hydrogen-bond acceptors (Lipinski definition) is 4. The number of carbonyl (C=O) groups excluding carboxylic acids is 1. The summed E-state index contributed by atoms with van der Waals surface area (Å²) in [4.78, 5) is 12.7. The number of halogens is 3. The normalized spacial score (nSPS) is 11.1. The van der Waals surface area contributed by atoms with Gasteiger partial charge in [0.1, 0.15) is 18.1 Å². The maximum atomic E-state index is 13.2. The number of nitrogens with one attached hydrogen (secondary N) is 1. The van der Waals surface area contributed by atoms with Crippen LogP contribution in [0.5, 0.6) is 11.5 Å². The van der Waals surface area contributed by atoms with E-state index >= 15 is 0 Å². The predicted molar refractivity (Wildman–Crippen MR) is 110 cm³/mol. The minimum Gasteiger partial charge on any atom is -0.497 e. The van der Waals surface area contributed by atoms with Crippen molar-refractivity contribution < 1.29 is 32.5 Å². The smallest absolute Gasteiger partial charge is 0.416 e. The van der Waals surface area contributed by atoms with E-state index in [1.807, 2.05) is 0 Å². The molecule has 0 aliphatic rings. The van der Waals surface area contributed by atoms with Crippen molar-refractivity contribution in [3.05, 3.63) is 77.9 Å². The molecule has 162 valence electrons. The van der Waals surface area contributed by atoms with E-state index in [1.54, 1.807) is 24.3 Å². The molecular formula is C23H20F3NO4. The van der Waals surface area contributed by atoms with Gasteiger partial charge in [-0.1, -0.05) is 12.1 Å². The first-order chi connectivity index (χ1) is 14.8. The third-order valence-corrected chi connectivity index (χ3v) is 4.44. The largest absolute Gasteiger partial charge is 0.497 e. The summed E-state index contributed by atoms with van der Waals surface area (Å²) in [6, 6.07) is 15.9. The molecular weight excluding hydrogens is 411 g/mol. The number of methoxy groups -OCH3 is 1. The average Bonchev–Trinajstić information content (AvgIpc) is 2.77. The van der Waals surface area contributed by atoms with Crippen molar-refractivity contribution in [2.75, 3.05) is 25.6 Å². The molecule has 3 aromatic carbocycles. The van der Waals surface area contributed by atoms with Crippen LogP contribution in [0.2, 0.25) is 0 Å². The Balaban J connectivity index is 1.95. The average molecular weight is 431 g/mol. The first-order valence-electron chi connectivity index (χ1n) is 9.32. The van der Waals surface area contributed by atoms with Crippen molar-refractivity contribution in [2.45, 2.75) is 6.18 Å². The van der Waals surface area contributed by atoms with Gasteiger partial charge in [-0.05, 0) is 60.2 Å².